The van der Waals surface area contributed by atoms with Crippen LogP contribution in [0.25, 0.3) is 10.9 Å². The number of para-hydroxylation sites is 1. The van der Waals surface area contributed by atoms with Crippen LogP contribution in [-0.4, -0.2) is 17.4 Å². The Labute approximate surface area is 113 Å². The van der Waals surface area contributed by atoms with Gasteiger partial charge in [-0.05, 0) is 31.0 Å². The zero-order valence-electron chi connectivity index (χ0n) is 10.9. The molecule has 4 nitrogen and oxygen atoms in total. The second kappa shape index (κ2) is 6.85. The summed E-state index contributed by atoms with van der Waals surface area (Å²) < 4.78 is 0. The maximum Gasteiger partial charge on any atom is 0.220 e. The first-order valence-corrected chi connectivity index (χ1v) is 6.60. The number of nitrogens with two attached hydrogens (primary N) is 1. The lowest BCUT2D eigenvalue weighted by atomic mass is 10.1. The third kappa shape index (κ3) is 3.76. The van der Waals surface area contributed by atoms with E-state index in [1.807, 2.05) is 30.3 Å². The minimum absolute atomic E-state index is 0.0707. The minimum atomic E-state index is 0.0707. The third-order valence-corrected chi connectivity index (χ3v) is 3.05. The summed E-state index contributed by atoms with van der Waals surface area (Å²) in [6.07, 6.45) is 4.05. The Morgan fingerprint density at radius 1 is 1.21 bits per heavy atom. The van der Waals surface area contributed by atoms with Gasteiger partial charge in [0.2, 0.25) is 5.91 Å². The van der Waals surface area contributed by atoms with Crippen LogP contribution in [0.1, 0.15) is 24.8 Å². The van der Waals surface area contributed by atoms with Crippen molar-refractivity contribution in [3.8, 4) is 0 Å². The van der Waals surface area contributed by atoms with Crippen LogP contribution in [0, 0.1) is 0 Å². The van der Waals surface area contributed by atoms with Gasteiger partial charge >= 0.3 is 0 Å². The quantitative estimate of drug-likeness (QED) is 0.777. The highest BCUT2D eigenvalue weighted by Gasteiger charge is 2.04. The molecule has 1 aromatic heterocycles. The number of aromatic nitrogens is 1. The van der Waals surface area contributed by atoms with E-state index in [1.165, 1.54) is 0 Å². The molecule has 0 bridgehead atoms. The molecule has 0 fully saturated rings. The van der Waals surface area contributed by atoms with Gasteiger partial charge in [0.1, 0.15) is 0 Å². The van der Waals surface area contributed by atoms with Gasteiger partial charge in [-0.1, -0.05) is 24.3 Å². The molecule has 19 heavy (non-hydrogen) atoms. The number of nitrogens with one attached hydrogen (secondary N) is 1. The molecule has 0 aliphatic heterocycles. The number of fused-ring (bicyclic) bond motifs is 1. The summed E-state index contributed by atoms with van der Waals surface area (Å²) in [4.78, 5) is 16.0. The molecule has 1 aromatic carbocycles. The molecule has 0 atom stereocenters. The van der Waals surface area contributed by atoms with Crippen molar-refractivity contribution in [1.82, 2.24) is 10.3 Å². The molecule has 0 aliphatic rings. The summed E-state index contributed by atoms with van der Waals surface area (Å²) >= 11 is 0. The van der Waals surface area contributed by atoms with Gasteiger partial charge in [-0.25, -0.2) is 0 Å². The number of hydrogen-bond donors (Lipinski definition) is 2. The van der Waals surface area contributed by atoms with Crippen molar-refractivity contribution in [2.45, 2.75) is 25.8 Å². The number of amides is 1. The van der Waals surface area contributed by atoms with E-state index in [2.05, 4.69) is 10.3 Å². The number of nitrogens with zero attached hydrogens (tertiary/aromatic N) is 1. The molecular formula is C15H19N3O. The Balaban J connectivity index is 1.96. The van der Waals surface area contributed by atoms with E-state index in [4.69, 9.17) is 5.73 Å². The molecule has 2 rings (SSSR count). The number of pyridine rings is 1. The molecule has 4 heteroatoms. The van der Waals surface area contributed by atoms with E-state index in [0.717, 1.165) is 29.3 Å². The molecule has 0 saturated carbocycles. The van der Waals surface area contributed by atoms with E-state index < -0.39 is 0 Å². The van der Waals surface area contributed by atoms with Crippen molar-refractivity contribution < 1.29 is 4.79 Å². The van der Waals surface area contributed by atoms with Crippen molar-refractivity contribution in [2.75, 3.05) is 6.54 Å². The zero-order chi connectivity index (χ0) is 13.5. The maximum absolute atomic E-state index is 11.7. The zero-order valence-corrected chi connectivity index (χ0v) is 10.9. The summed E-state index contributed by atoms with van der Waals surface area (Å²) in [6, 6.07) is 9.94. The fourth-order valence-corrected chi connectivity index (χ4v) is 2.02. The van der Waals surface area contributed by atoms with Gasteiger partial charge in [0.25, 0.3) is 0 Å². The van der Waals surface area contributed by atoms with Crippen LogP contribution in [0.5, 0.6) is 0 Å². The van der Waals surface area contributed by atoms with Crippen LogP contribution in [0.2, 0.25) is 0 Å². The molecule has 100 valence electrons. The highest BCUT2D eigenvalue weighted by Crippen LogP contribution is 2.15. The van der Waals surface area contributed by atoms with E-state index in [9.17, 15) is 4.79 Å². The normalized spacial score (nSPS) is 10.6. The summed E-state index contributed by atoms with van der Waals surface area (Å²) in [5.41, 5.74) is 7.40. The molecule has 0 spiro atoms. The Morgan fingerprint density at radius 2 is 2.05 bits per heavy atom. The lowest BCUT2D eigenvalue weighted by Crippen LogP contribution is -2.22. The SMILES string of the molecule is NCCCCC(=O)NCc1cccc2cccnc12. The lowest BCUT2D eigenvalue weighted by molar-refractivity contribution is -0.121. The average molecular weight is 257 g/mol. The molecule has 1 heterocycles. The monoisotopic (exact) mass is 257 g/mol. The minimum Gasteiger partial charge on any atom is -0.352 e. The summed E-state index contributed by atoms with van der Waals surface area (Å²) in [7, 11) is 0. The number of carbonyl (C=O) groups excluding carboxylic acids is 1. The molecule has 1 amide bonds. The van der Waals surface area contributed by atoms with Gasteiger partial charge in [0, 0.05) is 24.5 Å². The first-order valence-electron chi connectivity index (χ1n) is 6.60. The fourth-order valence-electron chi connectivity index (χ4n) is 2.02. The van der Waals surface area contributed by atoms with E-state index in [1.54, 1.807) is 6.20 Å². The number of carbonyl (C=O) groups is 1. The first kappa shape index (κ1) is 13.5. The largest absolute Gasteiger partial charge is 0.352 e. The maximum atomic E-state index is 11.7. The van der Waals surface area contributed by atoms with Gasteiger partial charge in [0.15, 0.2) is 0 Å². The van der Waals surface area contributed by atoms with Crippen molar-refractivity contribution in [3.05, 3.63) is 42.1 Å². The summed E-state index contributed by atoms with van der Waals surface area (Å²) in [6.45, 7) is 1.16. The molecule has 0 saturated heterocycles. The second-order valence-corrected chi connectivity index (χ2v) is 4.51. The van der Waals surface area contributed by atoms with E-state index >= 15 is 0 Å². The van der Waals surface area contributed by atoms with Crippen molar-refractivity contribution in [2.24, 2.45) is 5.73 Å². The topological polar surface area (TPSA) is 68.0 Å². The van der Waals surface area contributed by atoms with Gasteiger partial charge < -0.3 is 11.1 Å². The van der Waals surface area contributed by atoms with Crippen LogP contribution < -0.4 is 11.1 Å². The summed E-state index contributed by atoms with van der Waals surface area (Å²) in [5, 5.41) is 4.03. The highest BCUT2D eigenvalue weighted by molar-refractivity contribution is 5.82. The smallest absolute Gasteiger partial charge is 0.220 e. The predicted molar refractivity (Wildman–Crippen MR) is 76.5 cm³/mol. The number of hydrogen-bond acceptors (Lipinski definition) is 3. The van der Waals surface area contributed by atoms with Crippen LogP contribution in [0.15, 0.2) is 36.5 Å². The summed E-state index contributed by atoms with van der Waals surface area (Å²) in [5.74, 6) is 0.0707. The van der Waals surface area contributed by atoms with Crippen LogP contribution >= 0.6 is 0 Å². The Hall–Kier alpha value is -1.94. The lowest BCUT2D eigenvalue weighted by Gasteiger charge is -2.07. The first-order chi connectivity index (χ1) is 9.31. The molecule has 0 aliphatic carbocycles. The van der Waals surface area contributed by atoms with Crippen molar-refractivity contribution >= 4 is 16.8 Å². The molecule has 2 aromatic rings. The third-order valence-electron chi connectivity index (χ3n) is 3.05. The second-order valence-electron chi connectivity index (χ2n) is 4.51. The molecular weight excluding hydrogens is 238 g/mol. The van der Waals surface area contributed by atoms with Gasteiger partial charge in [-0.2, -0.15) is 0 Å². The number of unbranched alkanes of at least 4 members (excludes halogenated alkanes) is 1. The van der Waals surface area contributed by atoms with Crippen LogP contribution in [0.4, 0.5) is 0 Å². The Bertz CT molecular complexity index is 549. The molecule has 0 radical (unpaired) electrons. The predicted octanol–water partition coefficient (Wildman–Crippen LogP) is 1.98. The van der Waals surface area contributed by atoms with Gasteiger partial charge in [-0.15, -0.1) is 0 Å². The average Bonchev–Trinajstić information content (AvgIpc) is 2.45. The number of benzene rings is 1. The van der Waals surface area contributed by atoms with E-state index in [0.29, 0.717) is 19.5 Å². The van der Waals surface area contributed by atoms with Crippen LogP contribution in [0.3, 0.4) is 0 Å². The van der Waals surface area contributed by atoms with Gasteiger partial charge in [-0.3, -0.25) is 9.78 Å². The molecule has 0 unspecified atom stereocenters. The fraction of sp³-hybridized carbons (Fsp3) is 0.333. The molecule has 3 N–H and O–H groups in total. The Morgan fingerprint density at radius 3 is 2.89 bits per heavy atom. The van der Waals surface area contributed by atoms with Crippen molar-refractivity contribution in [3.63, 3.8) is 0 Å². The van der Waals surface area contributed by atoms with E-state index in [-0.39, 0.29) is 5.91 Å². The van der Waals surface area contributed by atoms with Crippen molar-refractivity contribution in [1.29, 1.82) is 0 Å². The highest BCUT2D eigenvalue weighted by atomic mass is 16.1. The van der Waals surface area contributed by atoms with Gasteiger partial charge in [0.05, 0.1) is 5.52 Å². The van der Waals surface area contributed by atoms with Crippen LogP contribution in [-0.2, 0) is 11.3 Å². The Kier molecular flexibility index (Phi) is 4.86. The standard InChI is InChI=1S/C15H19N3O/c16-9-2-1-8-14(19)18-11-13-6-3-5-12-7-4-10-17-15(12)13/h3-7,10H,1-2,8-9,11,16H2,(H,18,19). The number of rotatable bonds is 6.